The van der Waals surface area contributed by atoms with Crippen molar-refractivity contribution in [1.82, 2.24) is 0 Å². The van der Waals surface area contributed by atoms with Gasteiger partial charge in [-0.05, 0) is 19.1 Å². The normalized spacial score (nSPS) is 14.3. The van der Waals surface area contributed by atoms with Crippen LogP contribution in [0.25, 0.3) is 0 Å². The summed E-state index contributed by atoms with van der Waals surface area (Å²) in [5.41, 5.74) is 0.909. The van der Waals surface area contributed by atoms with Crippen LogP contribution in [0, 0.1) is 0 Å². The summed E-state index contributed by atoms with van der Waals surface area (Å²) in [5.74, 6) is -1.30. The van der Waals surface area contributed by atoms with Gasteiger partial charge in [-0.2, -0.15) is 0 Å². The highest BCUT2D eigenvalue weighted by Crippen LogP contribution is 2.27. The molecule has 0 spiro atoms. The summed E-state index contributed by atoms with van der Waals surface area (Å²) in [7, 11) is 0. The largest absolute Gasteiger partial charge is 0.299 e. The van der Waals surface area contributed by atoms with Gasteiger partial charge in [0.15, 0.2) is 0 Å². The topological polar surface area (TPSA) is 54.5 Å². The van der Waals surface area contributed by atoms with Crippen LogP contribution in [0.5, 0.6) is 0 Å². The van der Waals surface area contributed by atoms with Gasteiger partial charge in [-0.3, -0.25) is 19.3 Å². The van der Waals surface area contributed by atoms with Gasteiger partial charge in [0.05, 0.1) is 17.8 Å². The van der Waals surface area contributed by atoms with Crippen LogP contribution in [0.15, 0.2) is 24.3 Å². The number of Topliss-reactive ketones (excluding diaryl/α,β-unsaturated/α-hetero) is 2. The Morgan fingerprint density at radius 3 is 2.60 bits per heavy atom. The molecule has 1 aliphatic heterocycles. The first-order valence-corrected chi connectivity index (χ1v) is 4.56. The van der Waals surface area contributed by atoms with Crippen LogP contribution in [0.1, 0.15) is 17.3 Å². The second-order valence-corrected chi connectivity index (χ2v) is 3.44. The lowest BCUT2D eigenvalue weighted by atomic mass is 10.1. The zero-order chi connectivity index (χ0) is 11.0. The first kappa shape index (κ1) is 9.58. The second kappa shape index (κ2) is 3.31. The molecule has 1 aromatic rings. The van der Waals surface area contributed by atoms with Gasteiger partial charge in [-0.15, -0.1) is 0 Å². The van der Waals surface area contributed by atoms with Crippen molar-refractivity contribution in [3.05, 3.63) is 29.8 Å². The van der Waals surface area contributed by atoms with E-state index in [2.05, 4.69) is 0 Å². The quantitative estimate of drug-likeness (QED) is 0.668. The van der Waals surface area contributed by atoms with Gasteiger partial charge in [0.25, 0.3) is 11.7 Å². The molecule has 1 amide bonds. The number of rotatable bonds is 2. The number of amides is 1. The number of hydrogen-bond donors (Lipinski definition) is 0. The summed E-state index contributed by atoms with van der Waals surface area (Å²) in [5, 5.41) is 0. The maximum absolute atomic E-state index is 11.5. The lowest BCUT2D eigenvalue weighted by molar-refractivity contribution is -0.119. The van der Waals surface area contributed by atoms with Crippen LogP contribution in [-0.4, -0.2) is 24.0 Å². The maximum atomic E-state index is 11.5. The van der Waals surface area contributed by atoms with Crippen molar-refractivity contribution < 1.29 is 14.4 Å². The van der Waals surface area contributed by atoms with Gasteiger partial charge >= 0.3 is 0 Å². The highest BCUT2D eigenvalue weighted by molar-refractivity contribution is 6.52. The number of benzene rings is 1. The van der Waals surface area contributed by atoms with Crippen LogP contribution in [0.3, 0.4) is 0 Å². The molecular weight excluding hydrogens is 194 g/mol. The maximum Gasteiger partial charge on any atom is 0.299 e. The van der Waals surface area contributed by atoms with Gasteiger partial charge < -0.3 is 0 Å². The fourth-order valence-corrected chi connectivity index (χ4v) is 1.63. The fourth-order valence-electron chi connectivity index (χ4n) is 1.63. The molecule has 0 aliphatic carbocycles. The zero-order valence-corrected chi connectivity index (χ0v) is 8.19. The van der Waals surface area contributed by atoms with Crippen molar-refractivity contribution in [2.45, 2.75) is 6.92 Å². The van der Waals surface area contributed by atoms with Gasteiger partial charge in [-0.25, -0.2) is 0 Å². The Labute approximate surface area is 86.5 Å². The van der Waals surface area contributed by atoms with E-state index in [1.54, 1.807) is 24.3 Å². The van der Waals surface area contributed by atoms with Crippen LogP contribution in [0.4, 0.5) is 5.69 Å². The number of hydrogen-bond acceptors (Lipinski definition) is 3. The number of ketones is 2. The molecule has 76 valence electrons. The molecule has 0 saturated carbocycles. The molecule has 1 heterocycles. The Balaban J connectivity index is 2.47. The number of carbonyl (C=O) groups excluding carboxylic acids is 3. The monoisotopic (exact) mass is 203 g/mol. The minimum Gasteiger partial charge on any atom is -0.298 e. The number of para-hydroxylation sites is 1. The zero-order valence-electron chi connectivity index (χ0n) is 8.19. The minimum absolute atomic E-state index is 0.0401. The third kappa shape index (κ3) is 1.44. The molecule has 15 heavy (non-hydrogen) atoms. The minimum atomic E-state index is -0.619. The molecule has 2 rings (SSSR count). The Morgan fingerprint density at radius 1 is 1.27 bits per heavy atom. The SMILES string of the molecule is CC(=O)CN1C(=O)C(=O)c2ccccc21. The second-order valence-electron chi connectivity index (χ2n) is 3.44. The van der Waals surface area contributed by atoms with E-state index < -0.39 is 11.7 Å². The van der Waals surface area contributed by atoms with Crippen molar-refractivity contribution in [3.63, 3.8) is 0 Å². The van der Waals surface area contributed by atoms with Crippen molar-refractivity contribution in [1.29, 1.82) is 0 Å². The fraction of sp³-hybridized carbons (Fsp3) is 0.182. The van der Waals surface area contributed by atoms with Crippen molar-refractivity contribution >= 4 is 23.2 Å². The predicted molar refractivity (Wildman–Crippen MR) is 53.8 cm³/mol. The molecule has 4 heteroatoms. The average Bonchev–Trinajstić information content (AvgIpc) is 2.44. The lowest BCUT2D eigenvalue weighted by Gasteiger charge is -2.13. The molecule has 0 aromatic heterocycles. The van der Waals surface area contributed by atoms with Crippen LogP contribution in [0.2, 0.25) is 0 Å². The van der Waals surface area contributed by atoms with E-state index in [-0.39, 0.29) is 12.3 Å². The Bertz CT molecular complexity index is 465. The Hall–Kier alpha value is -1.97. The van der Waals surface area contributed by atoms with E-state index in [0.29, 0.717) is 11.3 Å². The third-order valence-electron chi connectivity index (χ3n) is 2.26. The van der Waals surface area contributed by atoms with Gasteiger partial charge in [0.2, 0.25) is 0 Å². The van der Waals surface area contributed by atoms with Crippen LogP contribution >= 0.6 is 0 Å². The summed E-state index contributed by atoms with van der Waals surface area (Å²) in [6, 6.07) is 6.69. The number of carbonyl (C=O) groups is 3. The molecule has 0 saturated heterocycles. The first-order valence-electron chi connectivity index (χ1n) is 4.56. The molecule has 0 atom stereocenters. The summed E-state index contributed by atoms with van der Waals surface area (Å²) in [4.78, 5) is 35.2. The van der Waals surface area contributed by atoms with E-state index in [1.165, 1.54) is 11.8 Å². The van der Waals surface area contributed by atoms with E-state index in [0.717, 1.165) is 0 Å². The smallest absolute Gasteiger partial charge is 0.298 e. The van der Waals surface area contributed by atoms with Gasteiger partial charge in [-0.1, -0.05) is 12.1 Å². The number of nitrogens with zero attached hydrogens (tertiary/aromatic N) is 1. The molecule has 4 nitrogen and oxygen atoms in total. The lowest BCUT2D eigenvalue weighted by Crippen LogP contribution is -2.33. The summed E-state index contributed by atoms with van der Waals surface area (Å²) < 4.78 is 0. The molecule has 0 radical (unpaired) electrons. The Morgan fingerprint density at radius 2 is 1.93 bits per heavy atom. The highest BCUT2D eigenvalue weighted by atomic mass is 16.2. The molecule has 1 aromatic carbocycles. The van der Waals surface area contributed by atoms with Crippen molar-refractivity contribution in [2.75, 3.05) is 11.4 Å². The van der Waals surface area contributed by atoms with Gasteiger partial charge in [0.1, 0.15) is 5.78 Å². The van der Waals surface area contributed by atoms with E-state index in [4.69, 9.17) is 0 Å². The summed E-state index contributed by atoms with van der Waals surface area (Å²) >= 11 is 0. The first-order chi connectivity index (χ1) is 7.11. The van der Waals surface area contributed by atoms with E-state index in [1.807, 2.05) is 0 Å². The Kier molecular flexibility index (Phi) is 2.11. The van der Waals surface area contributed by atoms with Crippen LogP contribution in [-0.2, 0) is 9.59 Å². The highest BCUT2D eigenvalue weighted by Gasteiger charge is 2.35. The number of anilines is 1. The van der Waals surface area contributed by atoms with E-state index >= 15 is 0 Å². The number of fused-ring (bicyclic) bond motifs is 1. The molecule has 0 fully saturated rings. The van der Waals surface area contributed by atoms with E-state index in [9.17, 15) is 14.4 Å². The summed E-state index contributed by atoms with van der Waals surface area (Å²) in [6.45, 7) is 1.35. The average molecular weight is 203 g/mol. The third-order valence-corrected chi connectivity index (χ3v) is 2.26. The van der Waals surface area contributed by atoms with Gasteiger partial charge in [0, 0.05) is 0 Å². The standard InChI is InChI=1S/C11H9NO3/c1-7(13)6-12-9-5-3-2-4-8(9)10(14)11(12)15/h2-5H,6H2,1H3. The molecule has 0 N–H and O–H groups in total. The van der Waals surface area contributed by atoms with Crippen molar-refractivity contribution in [3.8, 4) is 0 Å². The molecule has 1 aliphatic rings. The molecule has 0 bridgehead atoms. The van der Waals surface area contributed by atoms with Crippen molar-refractivity contribution in [2.24, 2.45) is 0 Å². The summed E-state index contributed by atoms with van der Waals surface area (Å²) in [6.07, 6.45) is 0. The van der Waals surface area contributed by atoms with Crippen LogP contribution < -0.4 is 4.90 Å². The molecule has 0 unspecified atom stereocenters. The molecular formula is C11H9NO3. The predicted octanol–water partition coefficient (Wildman–Crippen LogP) is 0.805.